The number of methoxy groups -OCH3 is 1. The van der Waals surface area contributed by atoms with Gasteiger partial charge in [-0.3, -0.25) is 0 Å². The van der Waals surface area contributed by atoms with E-state index in [2.05, 4.69) is 57.1 Å². The molecule has 0 spiro atoms. The van der Waals surface area contributed by atoms with Crippen molar-refractivity contribution in [1.29, 1.82) is 0 Å². The molecule has 4 nitrogen and oxygen atoms in total. The van der Waals surface area contributed by atoms with E-state index in [0.717, 1.165) is 48.0 Å². The van der Waals surface area contributed by atoms with Gasteiger partial charge in [0.2, 0.25) is 0 Å². The van der Waals surface area contributed by atoms with Crippen molar-refractivity contribution < 1.29 is 9.47 Å². The maximum atomic E-state index is 6.55. The molecule has 0 saturated carbocycles. The average Bonchev–Trinajstić information content (AvgIpc) is 2.58. The van der Waals surface area contributed by atoms with Crippen LogP contribution in [0.4, 0.5) is 5.82 Å². The fourth-order valence-corrected chi connectivity index (χ4v) is 3.92. The second-order valence-corrected chi connectivity index (χ2v) is 7.79. The third-order valence-corrected chi connectivity index (χ3v) is 5.51. The molecule has 3 rings (SSSR count). The number of benzene rings is 1. The minimum Gasteiger partial charge on any atom is -0.496 e. The van der Waals surface area contributed by atoms with Gasteiger partial charge in [-0.1, -0.05) is 0 Å². The van der Waals surface area contributed by atoms with Crippen LogP contribution >= 0.6 is 0 Å². The molecule has 1 atom stereocenters. The molecule has 1 unspecified atom stereocenters. The Labute approximate surface area is 156 Å². The van der Waals surface area contributed by atoms with E-state index in [0.29, 0.717) is 0 Å². The summed E-state index contributed by atoms with van der Waals surface area (Å²) in [4.78, 5) is 4.58. The van der Waals surface area contributed by atoms with Crippen LogP contribution in [0.5, 0.6) is 11.5 Å². The monoisotopic (exact) mass is 354 g/mol. The highest BCUT2D eigenvalue weighted by Crippen LogP contribution is 2.43. The normalized spacial score (nSPS) is 18.9. The Bertz CT molecular complexity index is 825. The van der Waals surface area contributed by atoms with Crippen molar-refractivity contribution in [3.05, 3.63) is 45.6 Å². The zero-order chi connectivity index (χ0) is 19.1. The Balaban J connectivity index is 1.84. The van der Waals surface area contributed by atoms with Crippen LogP contribution < -0.4 is 14.8 Å². The number of nitrogens with zero attached hydrogens (tertiary/aromatic N) is 1. The first-order valence-corrected chi connectivity index (χ1v) is 9.29. The smallest absolute Gasteiger partial charge is 0.127 e. The standard InChI is InChI=1S/C22H30N2O2/c1-13-10-14(2)24-19(11-13)23-12-22(6)9-8-18-17(5)20(25-7)15(3)16(4)21(18)26-22/h10-11H,8-9,12H2,1-7H3,(H,23,24). The van der Waals surface area contributed by atoms with Gasteiger partial charge in [-0.2, -0.15) is 0 Å². The van der Waals surface area contributed by atoms with Crippen LogP contribution in [0.1, 0.15) is 46.9 Å². The third kappa shape index (κ3) is 3.37. The average molecular weight is 354 g/mol. The van der Waals surface area contributed by atoms with Gasteiger partial charge in [0.1, 0.15) is 22.9 Å². The van der Waals surface area contributed by atoms with Gasteiger partial charge in [0.05, 0.1) is 13.7 Å². The van der Waals surface area contributed by atoms with Crippen molar-refractivity contribution in [2.24, 2.45) is 0 Å². The van der Waals surface area contributed by atoms with E-state index in [1.807, 2.05) is 6.92 Å². The highest BCUT2D eigenvalue weighted by atomic mass is 16.5. The molecule has 1 aliphatic heterocycles. The topological polar surface area (TPSA) is 43.4 Å². The third-order valence-electron chi connectivity index (χ3n) is 5.51. The minimum atomic E-state index is -0.259. The van der Waals surface area contributed by atoms with Crippen LogP contribution in [0.25, 0.3) is 0 Å². The molecular formula is C22H30N2O2. The van der Waals surface area contributed by atoms with Gasteiger partial charge in [0.25, 0.3) is 0 Å². The molecule has 1 aliphatic rings. The highest BCUT2D eigenvalue weighted by molar-refractivity contribution is 5.59. The number of rotatable bonds is 4. The summed E-state index contributed by atoms with van der Waals surface area (Å²) in [6, 6.07) is 4.17. The number of nitrogens with one attached hydrogen (secondary N) is 1. The number of aryl methyl sites for hydroxylation is 2. The van der Waals surface area contributed by atoms with E-state index in [9.17, 15) is 0 Å². The molecule has 26 heavy (non-hydrogen) atoms. The summed E-state index contributed by atoms with van der Waals surface area (Å²) < 4.78 is 12.2. The molecule has 2 aromatic rings. The number of fused-ring (bicyclic) bond motifs is 1. The van der Waals surface area contributed by atoms with Gasteiger partial charge in [-0.25, -0.2) is 4.98 Å². The highest BCUT2D eigenvalue weighted by Gasteiger charge is 2.34. The van der Waals surface area contributed by atoms with Crippen LogP contribution in [0, 0.1) is 34.6 Å². The molecule has 4 heteroatoms. The summed E-state index contributed by atoms with van der Waals surface area (Å²) in [7, 11) is 1.75. The van der Waals surface area contributed by atoms with Crippen LogP contribution in [0.3, 0.4) is 0 Å². The first kappa shape index (κ1) is 18.6. The van der Waals surface area contributed by atoms with Crippen LogP contribution in [0.2, 0.25) is 0 Å². The molecule has 0 bridgehead atoms. The minimum absolute atomic E-state index is 0.259. The molecule has 2 heterocycles. The van der Waals surface area contributed by atoms with E-state index in [1.165, 1.54) is 22.3 Å². The number of hydrogen-bond donors (Lipinski definition) is 1. The summed E-state index contributed by atoms with van der Waals surface area (Å²) in [5, 5.41) is 3.48. The number of ether oxygens (including phenoxy) is 2. The summed E-state index contributed by atoms with van der Waals surface area (Å²) in [6.45, 7) is 13.4. The van der Waals surface area contributed by atoms with Crippen molar-refractivity contribution in [1.82, 2.24) is 4.98 Å². The van der Waals surface area contributed by atoms with Crippen LogP contribution in [-0.4, -0.2) is 24.2 Å². The number of pyridine rings is 1. The number of hydrogen-bond acceptors (Lipinski definition) is 4. The quantitative estimate of drug-likeness (QED) is 0.854. The van der Waals surface area contributed by atoms with E-state index < -0.39 is 0 Å². The lowest BCUT2D eigenvalue weighted by molar-refractivity contribution is 0.0766. The Morgan fingerprint density at radius 3 is 2.50 bits per heavy atom. The van der Waals surface area contributed by atoms with E-state index in [1.54, 1.807) is 7.11 Å². The van der Waals surface area contributed by atoms with Gasteiger partial charge < -0.3 is 14.8 Å². The maximum Gasteiger partial charge on any atom is 0.127 e. The fraction of sp³-hybridized carbons (Fsp3) is 0.500. The Hall–Kier alpha value is -2.23. The molecule has 0 fully saturated rings. The Kier molecular flexibility index (Phi) is 4.87. The van der Waals surface area contributed by atoms with Crippen LogP contribution in [-0.2, 0) is 6.42 Å². The molecule has 0 radical (unpaired) electrons. The van der Waals surface area contributed by atoms with Crippen molar-refractivity contribution in [2.75, 3.05) is 19.0 Å². The molecule has 0 saturated heterocycles. The lowest BCUT2D eigenvalue weighted by Crippen LogP contribution is -2.43. The molecule has 140 valence electrons. The van der Waals surface area contributed by atoms with E-state index in [-0.39, 0.29) is 5.60 Å². The fourth-order valence-electron chi connectivity index (χ4n) is 3.92. The van der Waals surface area contributed by atoms with Crippen molar-refractivity contribution in [3.8, 4) is 11.5 Å². The van der Waals surface area contributed by atoms with Gasteiger partial charge in [0, 0.05) is 11.3 Å². The van der Waals surface area contributed by atoms with E-state index in [4.69, 9.17) is 9.47 Å². The van der Waals surface area contributed by atoms with Crippen LogP contribution in [0.15, 0.2) is 12.1 Å². The maximum absolute atomic E-state index is 6.55. The number of anilines is 1. The summed E-state index contributed by atoms with van der Waals surface area (Å²) in [6.07, 6.45) is 1.96. The lowest BCUT2D eigenvalue weighted by atomic mass is 9.87. The molecule has 1 aromatic carbocycles. The molecule has 1 aromatic heterocycles. The first-order chi connectivity index (χ1) is 12.2. The summed E-state index contributed by atoms with van der Waals surface area (Å²) >= 11 is 0. The Morgan fingerprint density at radius 2 is 1.85 bits per heavy atom. The molecule has 0 amide bonds. The van der Waals surface area contributed by atoms with Gasteiger partial charge in [-0.15, -0.1) is 0 Å². The molecule has 1 N–H and O–H groups in total. The largest absolute Gasteiger partial charge is 0.496 e. The number of aromatic nitrogens is 1. The van der Waals surface area contributed by atoms with Crippen molar-refractivity contribution >= 4 is 5.82 Å². The Morgan fingerprint density at radius 1 is 1.12 bits per heavy atom. The predicted molar refractivity (Wildman–Crippen MR) is 107 cm³/mol. The van der Waals surface area contributed by atoms with Gasteiger partial charge in [-0.05, 0) is 88.8 Å². The second-order valence-electron chi connectivity index (χ2n) is 7.79. The zero-order valence-corrected chi connectivity index (χ0v) is 17.0. The van der Waals surface area contributed by atoms with Gasteiger partial charge in [0.15, 0.2) is 0 Å². The van der Waals surface area contributed by atoms with Gasteiger partial charge >= 0.3 is 0 Å². The summed E-state index contributed by atoms with van der Waals surface area (Å²) in [5.74, 6) is 2.94. The summed E-state index contributed by atoms with van der Waals surface area (Å²) in [5.41, 5.74) is 6.82. The zero-order valence-electron chi connectivity index (χ0n) is 17.0. The lowest BCUT2D eigenvalue weighted by Gasteiger charge is -2.38. The predicted octanol–water partition coefficient (Wildman–Crippen LogP) is 4.83. The van der Waals surface area contributed by atoms with E-state index >= 15 is 0 Å². The second kappa shape index (κ2) is 6.82. The van der Waals surface area contributed by atoms with Crippen molar-refractivity contribution in [2.45, 2.75) is 60.0 Å². The molecule has 0 aliphatic carbocycles. The SMILES string of the molecule is COc1c(C)c(C)c2c(c1C)CCC(C)(CNc1cc(C)cc(C)n1)O2. The molecular weight excluding hydrogens is 324 g/mol. The van der Waals surface area contributed by atoms with Crippen molar-refractivity contribution in [3.63, 3.8) is 0 Å². The first-order valence-electron chi connectivity index (χ1n) is 9.29.